The lowest BCUT2D eigenvalue weighted by atomic mass is 9.98. The summed E-state index contributed by atoms with van der Waals surface area (Å²) in [6, 6.07) is 16.2. The molecule has 0 saturated carbocycles. The Morgan fingerprint density at radius 2 is 1.70 bits per heavy atom. The zero-order valence-corrected chi connectivity index (χ0v) is 13.2. The number of aliphatic hydroxyl groups is 1. The third-order valence-electron chi connectivity index (χ3n) is 4.38. The first-order chi connectivity index (χ1) is 11.2. The fourth-order valence-corrected chi connectivity index (χ4v) is 3.08. The zero-order chi connectivity index (χ0) is 16.2. The first-order valence-electron chi connectivity index (χ1n) is 7.97. The van der Waals surface area contributed by atoms with Crippen molar-refractivity contribution in [1.82, 2.24) is 5.32 Å². The Balaban J connectivity index is 1.75. The van der Waals surface area contributed by atoms with E-state index in [9.17, 15) is 4.79 Å². The molecule has 1 aliphatic carbocycles. The van der Waals surface area contributed by atoms with Gasteiger partial charge in [-0.15, -0.1) is 0 Å². The SMILES string of the molecule is CC[C@@H](CO)NC(=O)OCC1c2ccccc2-c2ccccc21. The van der Waals surface area contributed by atoms with E-state index in [1.54, 1.807) is 0 Å². The fourth-order valence-electron chi connectivity index (χ4n) is 3.08. The van der Waals surface area contributed by atoms with Crippen LogP contribution in [-0.4, -0.2) is 30.5 Å². The number of ether oxygens (including phenoxy) is 1. The Hall–Kier alpha value is -2.33. The van der Waals surface area contributed by atoms with E-state index in [4.69, 9.17) is 9.84 Å². The molecule has 0 bridgehead atoms. The minimum Gasteiger partial charge on any atom is -0.449 e. The Kier molecular flexibility index (Phi) is 4.63. The fraction of sp³-hybridized carbons (Fsp3) is 0.316. The Morgan fingerprint density at radius 3 is 2.22 bits per heavy atom. The van der Waals surface area contributed by atoms with Crippen molar-refractivity contribution < 1.29 is 14.6 Å². The van der Waals surface area contributed by atoms with E-state index in [1.165, 1.54) is 22.3 Å². The number of nitrogens with one attached hydrogen (secondary N) is 1. The first-order valence-corrected chi connectivity index (χ1v) is 7.97. The number of aliphatic hydroxyl groups excluding tert-OH is 1. The topological polar surface area (TPSA) is 58.6 Å². The average Bonchev–Trinajstić information content (AvgIpc) is 2.92. The third-order valence-corrected chi connectivity index (χ3v) is 4.38. The number of carbonyl (C=O) groups excluding carboxylic acids is 1. The lowest BCUT2D eigenvalue weighted by Crippen LogP contribution is -2.37. The largest absolute Gasteiger partial charge is 0.449 e. The van der Waals surface area contributed by atoms with Crippen LogP contribution in [0.15, 0.2) is 48.5 Å². The lowest BCUT2D eigenvalue weighted by molar-refractivity contribution is 0.132. The molecule has 1 amide bonds. The Morgan fingerprint density at radius 1 is 1.13 bits per heavy atom. The summed E-state index contributed by atoms with van der Waals surface area (Å²) in [4.78, 5) is 11.9. The van der Waals surface area contributed by atoms with Crippen LogP contribution in [0.3, 0.4) is 0 Å². The molecule has 0 unspecified atom stereocenters. The van der Waals surface area contributed by atoms with Gasteiger partial charge in [0.25, 0.3) is 0 Å². The number of hydrogen-bond donors (Lipinski definition) is 2. The Labute approximate surface area is 136 Å². The number of rotatable bonds is 5. The molecule has 0 fully saturated rings. The molecule has 4 heteroatoms. The molecular weight excluding hydrogens is 290 g/mol. The van der Waals surface area contributed by atoms with Gasteiger partial charge in [-0.25, -0.2) is 4.79 Å². The highest BCUT2D eigenvalue weighted by atomic mass is 16.5. The van der Waals surface area contributed by atoms with Crippen molar-refractivity contribution in [1.29, 1.82) is 0 Å². The van der Waals surface area contributed by atoms with E-state index >= 15 is 0 Å². The molecule has 1 aliphatic rings. The van der Waals surface area contributed by atoms with Crippen molar-refractivity contribution >= 4 is 6.09 Å². The summed E-state index contributed by atoms with van der Waals surface area (Å²) >= 11 is 0. The molecular formula is C19H21NO3. The third kappa shape index (κ3) is 3.08. The van der Waals surface area contributed by atoms with Gasteiger partial charge in [-0.05, 0) is 28.7 Å². The molecule has 2 N–H and O–H groups in total. The number of benzene rings is 2. The highest BCUT2D eigenvalue weighted by Crippen LogP contribution is 2.44. The van der Waals surface area contributed by atoms with Gasteiger partial charge < -0.3 is 15.2 Å². The van der Waals surface area contributed by atoms with E-state index < -0.39 is 6.09 Å². The van der Waals surface area contributed by atoms with E-state index in [0.29, 0.717) is 13.0 Å². The van der Waals surface area contributed by atoms with Crippen LogP contribution in [-0.2, 0) is 4.74 Å². The van der Waals surface area contributed by atoms with Crippen molar-refractivity contribution in [3.05, 3.63) is 59.7 Å². The van der Waals surface area contributed by atoms with Crippen molar-refractivity contribution in [2.75, 3.05) is 13.2 Å². The van der Waals surface area contributed by atoms with E-state index in [0.717, 1.165) is 0 Å². The predicted octanol–water partition coefficient (Wildman–Crippen LogP) is 3.30. The van der Waals surface area contributed by atoms with Crippen LogP contribution in [0.2, 0.25) is 0 Å². The number of fused-ring (bicyclic) bond motifs is 3. The molecule has 120 valence electrons. The molecule has 0 heterocycles. The highest BCUT2D eigenvalue weighted by molar-refractivity contribution is 5.79. The normalized spacial score (nSPS) is 14.0. The van der Waals surface area contributed by atoms with E-state index in [1.807, 2.05) is 31.2 Å². The van der Waals surface area contributed by atoms with Crippen molar-refractivity contribution in [3.8, 4) is 11.1 Å². The molecule has 0 spiro atoms. The van der Waals surface area contributed by atoms with Crippen molar-refractivity contribution in [3.63, 3.8) is 0 Å². The van der Waals surface area contributed by atoms with Crippen LogP contribution in [0.25, 0.3) is 11.1 Å². The second kappa shape index (κ2) is 6.84. The van der Waals surface area contributed by atoms with Gasteiger partial charge in [0, 0.05) is 5.92 Å². The zero-order valence-electron chi connectivity index (χ0n) is 13.2. The summed E-state index contributed by atoms with van der Waals surface area (Å²) < 4.78 is 5.41. The monoisotopic (exact) mass is 311 g/mol. The molecule has 1 atom stereocenters. The first kappa shape index (κ1) is 15.6. The maximum Gasteiger partial charge on any atom is 0.407 e. The summed E-state index contributed by atoms with van der Waals surface area (Å²) in [5, 5.41) is 11.8. The number of alkyl carbamates (subject to hydrolysis) is 1. The predicted molar refractivity (Wildman–Crippen MR) is 89.4 cm³/mol. The number of amides is 1. The van der Waals surface area contributed by atoms with Gasteiger partial charge in [0.2, 0.25) is 0 Å². The molecule has 0 saturated heterocycles. The van der Waals surface area contributed by atoms with Crippen LogP contribution in [0.5, 0.6) is 0 Å². The smallest absolute Gasteiger partial charge is 0.407 e. The van der Waals surface area contributed by atoms with Gasteiger partial charge in [-0.3, -0.25) is 0 Å². The second-order valence-corrected chi connectivity index (χ2v) is 5.76. The van der Waals surface area contributed by atoms with Crippen molar-refractivity contribution in [2.24, 2.45) is 0 Å². The maximum atomic E-state index is 11.9. The van der Waals surface area contributed by atoms with Gasteiger partial charge in [-0.2, -0.15) is 0 Å². The van der Waals surface area contributed by atoms with Crippen LogP contribution >= 0.6 is 0 Å². The van der Waals surface area contributed by atoms with E-state index in [2.05, 4.69) is 29.6 Å². The summed E-state index contributed by atoms with van der Waals surface area (Å²) in [6.45, 7) is 2.12. The molecule has 4 nitrogen and oxygen atoms in total. The molecule has 0 radical (unpaired) electrons. The van der Waals surface area contributed by atoms with Crippen LogP contribution in [0.4, 0.5) is 4.79 Å². The molecule has 2 aromatic carbocycles. The minimum atomic E-state index is -0.479. The summed E-state index contributed by atoms with van der Waals surface area (Å²) in [5.74, 6) is 0.0577. The minimum absolute atomic E-state index is 0.0577. The molecule has 0 aliphatic heterocycles. The van der Waals surface area contributed by atoms with Gasteiger partial charge in [-0.1, -0.05) is 55.5 Å². The quantitative estimate of drug-likeness (QED) is 0.891. The molecule has 3 rings (SSSR count). The number of carbonyl (C=O) groups is 1. The summed E-state index contributed by atoms with van der Waals surface area (Å²) in [6.07, 6.45) is 0.188. The maximum absolute atomic E-state index is 11.9. The van der Waals surface area contributed by atoms with Gasteiger partial charge in [0.15, 0.2) is 0 Å². The van der Waals surface area contributed by atoms with E-state index in [-0.39, 0.29) is 18.6 Å². The van der Waals surface area contributed by atoms with Gasteiger partial charge in [0.1, 0.15) is 6.61 Å². The lowest BCUT2D eigenvalue weighted by Gasteiger charge is -2.17. The summed E-state index contributed by atoms with van der Waals surface area (Å²) in [7, 11) is 0. The molecule has 0 aromatic heterocycles. The number of hydrogen-bond acceptors (Lipinski definition) is 3. The molecule has 2 aromatic rings. The summed E-state index contributed by atoms with van der Waals surface area (Å²) in [5.41, 5.74) is 4.80. The average molecular weight is 311 g/mol. The van der Waals surface area contributed by atoms with Crippen LogP contribution in [0, 0.1) is 0 Å². The van der Waals surface area contributed by atoms with Gasteiger partial charge >= 0.3 is 6.09 Å². The highest BCUT2D eigenvalue weighted by Gasteiger charge is 2.29. The van der Waals surface area contributed by atoms with Crippen LogP contribution < -0.4 is 5.32 Å². The molecule has 23 heavy (non-hydrogen) atoms. The van der Waals surface area contributed by atoms with Crippen LogP contribution in [0.1, 0.15) is 30.4 Å². The van der Waals surface area contributed by atoms with Crippen molar-refractivity contribution in [2.45, 2.75) is 25.3 Å². The standard InChI is InChI=1S/C19H21NO3/c1-2-13(11-21)20-19(22)23-12-18-16-9-5-3-7-14(16)15-8-4-6-10-17(15)18/h3-10,13,18,21H,2,11-12H2,1H3,(H,20,22)/t13-/m0/s1. The van der Waals surface area contributed by atoms with Gasteiger partial charge in [0.05, 0.1) is 12.6 Å². The second-order valence-electron chi connectivity index (χ2n) is 5.76. The Bertz CT molecular complexity index is 649.